The zero-order valence-corrected chi connectivity index (χ0v) is 9.82. The predicted molar refractivity (Wildman–Crippen MR) is 61.4 cm³/mol. The molecule has 3 nitrogen and oxygen atoms in total. The van der Waals surface area contributed by atoms with Crippen molar-refractivity contribution in [1.29, 1.82) is 0 Å². The van der Waals surface area contributed by atoms with Crippen LogP contribution < -0.4 is 0 Å². The quantitative estimate of drug-likeness (QED) is 0.732. The Kier molecular flexibility index (Phi) is 2.86. The first-order valence-corrected chi connectivity index (χ1v) is 5.39. The molecule has 78 valence electrons. The first-order valence-electron chi connectivity index (χ1n) is 4.59. The highest BCUT2D eigenvalue weighted by atomic mass is 79.9. The van der Waals surface area contributed by atoms with Crippen LogP contribution in [-0.4, -0.2) is 25.8 Å². The largest absolute Gasteiger partial charge is 0.468 e. The Hall–Kier alpha value is -1.16. The van der Waals surface area contributed by atoms with Crippen molar-refractivity contribution >= 4 is 28.1 Å². The maximum Gasteiger partial charge on any atom is 0.315 e. The predicted octanol–water partition coefficient (Wildman–Crippen LogP) is 2.14. The molecule has 0 unspecified atom stereocenters. The van der Waals surface area contributed by atoms with Crippen molar-refractivity contribution in [3.05, 3.63) is 33.8 Å². The molecule has 0 aromatic heterocycles. The Morgan fingerprint density at radius 1 is 1.60 bits per heavy atom. The summed E-state index contributed by atoms with van der Waals surface area (Å²) >= 11 is 3.39. The molecule has 0 saturated heterocycles. The second kappa shape index (κ2) is 4.14. The highest BCUT2D eigenvalue weighted by molar-refractivity contribution is 9.10. The number of methoxy groups -OCH3 is 1. The highest BCUT2D eigenvalue weighted by Crippen LogP contribution is 2.27. The lowest BCUT2D eigenvalue weighted by atomic mass is 9.93. The molecule has 0 spiro atoms. The number of nitrogens with zero attached hydrogens (tertiary/aromatic N) is 1. The van der Waals surface area contributed by atoms with Gasteiger partial charge in [-0.05, 0) is 23.3 Å². The van der Waals surface area contributed by atoms with Crippen LogP contribution in [0, 0.1) is 0 Å². The van der Waals surface area contributed by atoms with Crippen LogP contribution in [0.3, 0.4) is 0 Å². The van der Waals surface area contributed by atoms with E-state index in [0.717, 1.165) is 15.6 Å². The van der Waals surface area contributed by atoms with Gasteiger partial charge in [0.2, 0.25) is 0 Å². The summed E-state index contributed by atoms with van der Waals surface area (Å²) in [6.45, 7) is 0.468. The molecule has 2 rings (SSSR count). The minimum atomic E-state index is -0.271. The first kappa shape index (κ1) is 10.4. The molecule has 0 radical (unpaired) electrons. The van der Waals surface area contributed by atoms with Gasteiger partial charge < -0.3 is 4.74 Å². The molecule has 0 N–H and O–H groups in total. The number of benzene rings is 1. The van der Waals surface area contributed by atoms with Gasteiger partial charge in [-0.1, -0.05) is 22.0 Å². The maximum absolute atomic E-state index is 11.5. The molecular weight excluding hydrogens is 258 g/mol. The lowest BCUT2D eigenvalue weighted by Gasteiger charge is -2.19. The monoisotopic (exact) mass is 267 g/mol. The molecule has 1 aromatic rings. The van der Waals surface area contributed by atoms with Gasteiger partial charge in [0, 0.05) is 10.7 Å². The van der Waals surface area contributed by atoms with Gasteiger partial charge >= 0.3 is 5.97 Å². The zero-order chi connectivity index (χ0) is 10.8. The number of carbonyl (C=O) groups is 1. The molecular formula is C11H10BrNO2. The van der Waals surface area contributed by atoms with Crippen molar-refractivity contribution in [2.75, 3.05) is 13.7 Å². The average molecular weight is 268 g/mol. The molecule has 0 fully saturated rings. The van der Waals surface area contributed by atoms with Gasteiger partial charge in [0.1, 0.15) is 5.92 Å². The van der Waals surface area contributed by atoms with E-state index in [-0.39, 0.29) is 11.9 Å². The summed E-state index contributed by atoms with van der Waals surface area (Å²) in [6, 6.07) is 5.82. The molecule has 4 heteroatoms. The third-order valence-electron chi connectivity index (χ3n) is 2.43. The zero-order valence-electron chi connectivity index (χ0n) is 8.24. The van der Waals surface area contributed by atoms with Gasteiger partial charge in [-0.15, -0.1) is 0 Å². The number of rotatable bonds is 1. The van der Waals surface area contributed by atoms with Gasteiger partial charge in [-0.2, -0.15) is 0 Å². The van der Waals surface area contributed by atoms with Crippen molar-refractivity contribution in [2.45, 2.75) is 5.92 Å². The SMILES string of the molecule is COC(=O)[C@@H]1CN=Cc2ccc(Br)cc21. The molecule has 1 heterocycles. The van der Waals surface area contributed by atoms with Gasteiger partial charge in [-0.25, -0.2) is 0 Å². The van der Waals surface area contributed by atoms with Crippen LogP contribution in [0.15, 0.2) is 27.7 Å². The van der Waals surface area contributed by atoms with E-state index in [0.29, 0.717) is 6.54 Å². The van der Waals surface area contributed by atoms with Crippen molar-refractivity contribution in [1.82, 2.24) is 0 Å². The number of hydrogen-bond acceptors (Lipinski definition) is 3. The molecule has 1 atom stereocenters. The fourth-order valence-corrected chi connectivity index (χ4v) is 2.04. The molecule has 1 aliphatic heterocycles. The number of fused-ring (bicyclic) bond motifs is 1. The van der Waals surface area contributed by atoms with Crippen molar-refractivity contribution in [3.8, 4) is 0 Å². The van der Waals surface area contributed by atoms with Crippen LogP contribution in [0.2, 0.25) is 0 Å². The molecule has 0 bridgehead atoms. The number of aliphatic imine (C=N–C) groups is 1. The summed E-state index contributed by atoms with van der Waals surface area (Å²) in [5.74, 6) is -0.501. The fourth-order valence-electron chi connectivity index (χ4n) is 1.66. The summed E-state index contributed by atoms with van der Waals surface area (Å²) in [5, 5.41) is 0. The molecule has 0 amide bonds. The van der Waals surface area contributed by atoms with Crippen LogP contribution in [-0.2, 0) is 9.53 Å². The lowest BCUT2D eigenvalue weighted by Crippen LogP contribution is -2.21. The summed E-state index contributed by atoms with van der Waals surface area (Å²) < 4.78 is 5.72. The number of ether oxygens (including phenoxy) is 1. The highest BCUT2D eigenvalue weighted by Gasteiger charge is 2.25. The van der Waals surface area contributed by atoms with Crippen LogP contribution in [0.4, 0.5) is 0 Å². The average Bonchev–Trinajstić information content (AvgIpc) is 2.27. The third kappa shape index (κ3) is 1.95. The lowest BCUT2D eigenvalue weighted by molar-refractivity contribution is -0.142. The third-order valence-corrected chi connectivity index (χ3v) is 2.92. The minimum Gasteiger partial charge on any atom is -0.468 e. The summed E-state index contributed by atoms with van der Waals surface area (Å²) in [5.41, 5.74) is 1.96. The molecule has 0 aliphatic carbocycles. The Morgan fingerprint density at radius 3 is 3.13 bits per heavy atom. The van der Waals surface area contributed by atoms with E-state index >= 15 is 0 Å². The number of hydrogen-bond donors (Lipinski definition) is 0. The van der Waals surface area contributed by atoms with Crippen molar-refractivity contribution in [2.24, 2.45) is 4.99 Å². The van der Waals surface area contributed by atoms with E-state index in [1.54, 1.807) is 6.21 Å². The molecule has 1 aromatic carbocycles. The summed E-state index contributed by atoms with van der Waals surface area (Å²) in [6.07, 6.45) is 1.79. The van der Waals surface area contributed by atoms with E-state index < -0.39 is 0 Å². The van der Waals surface area contributed by atoms with Crippen molar-refractivity contribution in [3.63, 3.8) is 0 Å². The van der Waals surface area contributed by atoms with E-state index in [4.69, 9.17) is 4.74 Å². The number of halogens is 1. The van der Waals surface area contributed by atoms with Crippen LogP contribution >= 0.6 is 15.9 Å². The van der Waals surface area contributed by atoms with E-state index in [2.05, 4.69) is 20.9 Å². The second-order valence-corrected chi connectivity index (χ2v) is 4.26. The van der Waals surface area contributed by atoms with Crippen LogP contribution in [0.25, 0.3) is 0 Å². The Labute approximate surface area is 96.3 Å². The van der Waals surface area contributed by atoms with Gasteiger partial charge in [0.05, 0.1) is 13.7 Å². The van der Waals surface area contributed by atoms with Gasteiger partial charge in [0.15, 0.2) is 0 Å². The van der Waals surface area contributed by atoms with E-state index in [1.165, 1.54) is 7.11 Å². The van der Waals surface area contributed by atoms with Gasteiger partial charge in [0.25, 0.3) is 0 Å². The Balaban J connectivity index is 2.45. The fraction of sp³-hybridized carbons (Fsp3) is 0.273. The molecule has 1 aliphatic rings. The summed E-state index contributed by atoms with van der Waals surface area (Å²) in [4.78, 5) is 15.7. The molecule has 15 heavy (non-hydrogen) atoms. The number of esters is 1. The van der Waals surface area contributed by atoms with Crippen LogP contribution in [0.5, 0.6) is 0 Å². The van der Waals surface area contributed by atoms with Crippen LogP contribution in [0.1, 0.15) is 17.0 Å². The smallest absolute Gasteiger partial charge is 0.315 e. The maximum atomic E-state index is 11.5. The molecule has 0 saturated carbocycles. The first-order chi connectivity index (χ1) is 7.22. The van der Waals surface area contributed by atoms with Gasteiger partial charge in [-0.3, -0.25) is 9.79 Å². The van der Waals surface area contributed by atoms with Crippen molar-refractivity contribution < 1.29 is 9.53 Å². The normalized spacial score (nSPS) is 18.4. The standard InChI is InChI=1S/C11H10BrNO2/c1-15-11(14)10-6-13-5-7-2-3-8(12)4-9(7)10/h2-5,10H,6H2,1H3/t10-/m1/s1. The number of carbonyl (C=O) groups excluding carboxylic acids is 1. The van der Waals surface area contributed by atoms with E-state index in [9.17, 15) is 4.79 Å². The Bertz CT molecular complexity index is 429. The Morgan fingerprint density at radius 2 is 2.40 bits per heavy atom. The van der Waals surface area contributed by atoms with E-state index in [1.807, 2.05) is 18.2 Å². The summed E-state index contributed by atoms with van der Waals surface area (Å²) in [7, 11) is 1.40. The second-order valence-electron chi connectivity index (χ2n) is 3.34. The topological polar surface area (TPSA) is 38.7 Å². The minimum absolute atomic E-state index is 0.230.